The monoisotopic (exact) mass is 254 g/mol. The van der Waals surface area contributed by atoms with E-state index in [2.05, 4.69) is 19.2 Å². The number of nitrogens with zero attached hydrogens (tertiary/aromatic N) is 1. The number of piperidine rings is 1. The van der Waals surface area contributed by atoms with E-state index in [1.54, 1.807) is 0 Å². The van der Waals surface area contributed by atoms with Gasteiger partial charge in [0.15, 0.2) is 0 Å². The molecule has 0 radical (unpaired) electrons. The second-order valence-corrected chi connectivity index (χ2v) is 5.93. The first-order valence-electron chi connectivity index (χ1n) is 6.71. The molecule has 18 heavy (non-hydrogen) atoms. The van der Waals surface area contributed by atoms with Crippen molar-refractivity contribution in [2.24, 2.45) is 17.3 Å². The lowest BCUT2D eigenvalue weighted by Gasteiger charge is -2.35. The summed E-state index contributed by atoms with van der Waals surface area (Å²) in [6.45, 7) is 6.18. The minimum absolute atomic E-state index is 0.110. The Morgan fingerprint density at radius 1 is 1.33 bits per heavy atom. The Morgan fingerprint density at radius 3 is 2.50 bits per heavy atom. The number of aliphatic carboxylic acids is 1. The molecule has 2 unspecified atom stereocenters. The van der Waals surface area contributed by atoms with Crippen LogP contribution in [0.1, 0.15) is 33.1 Å². The van der Waals surface area contributed by atoms with E-state index in [4.69, 9.17) is 5.11 Å². The van der Waals surface area contributed by atoms with Crippen LogP contribution in [0.4, 0.5) is 4.79 Å². The summed E-state index contributed by atoms with van der Waals surface area (Å²) >= 11 is 0. The molecular weight excluding hydrogens is 232 g/mol. The van der Waals surface area contributed by atoms with Gasteiger partial charge in [0.05, 0.1) is 5.41 Å². The summed E-state index contributed by atoms with van der Waals surface area (Å²) < 4.78 is 0. The maximum Gasteiger partial charge on any atom is 0.317 e. The average molecular weight is 254 g/mol. The zero-order valence-electron chi connectivity index (χ0n) is 11.1. The molecule has 5 heteroatoms. The normalized spacial score (nSPS) is 29.8. The lowest BCUT2D eigenvalue weighted by atomic mass is 9.89. The largest absolute Gasteiger partial charge is 0.481 e. The molecule has 0 spiro atoms. The number of carbonyl (C=O) groups is 2. The second kappa shape index (κ2) is 4.78. The Bertz CT molecular complexity index is 352. The summed E-state index contributed by atoms with van der Waals surface area (Å²) in [5.41, 5.74) is -0.676. The van der Waals surface area contributed by atoms with Crippen LogP contribution in [-0.2, 0) is 4.79 Å². The van der Waals surface area contributed by atoms with Crippen LogP contribution in [0.15, 0.2) is 0 Å². The molecule has 1 saturated heterocycles. The fourth-order valence-corrected chi connectivity index (χ4v) is 2.42. The molecule has 0 aromatic carbocycles. The maximum atomic E-state index is 12.0. The third-order valence-electron chi connectivity index (χ3n) is 4.51. The smallest absolute Gasteiger partial charge is 0.317 e. The van der Waals surface area contributed by atoms with Gasteiger partial charge in [0, 0.05) is 19.6 Å². The van der Waals surface area contributed by atoms with Crippen LogP contribution in [0.2, 0.25) is 0 Å². The zero-order valence-corrected chi connectivity index (χ0v) is 11.1. The van der Waals surface area contributed by atoms with E-state index < -0.39 is 11.4 Å². The minimum Gasteiger partial charge on any atom is -0.481 e. The van der Waals surface area contributed by atoms with Crippen molar-refractivity contribution in [3.63, 3.8) is 0 Å². The first kappa shape index (κ1) is 13.2. The van der Waals surface area contributed by atoms with Crippen molar-refractivity contribution in [2.45, 2.75) is 33.1 Å². The molecule has 2 amide bonds. The Labute approximate surface area is 108 Å². The van der Waals surface area contributed by atoms with Gasteiger partial charge in [-0.05, 0) is 31.1 Å². The van der Waals surface area contributed by atoms with E-state index in [1.807, 2.05) is 4.90 Å². The summed E-state index contributed by atoms with van der Waals surface area (Å²) in [5, 5.41) is 11.8. The lowest BCUT2D eigenvalue weighted by Crippen LogP contribution is -2.48. The van der Waals surface area contributed by atoms with Gasteiger partial charge in [0.2, 0.25) is 0 Å². The van der Waals surface area contributed by atoms with E-state index in [0.29, 0.717) is 24.7 Å². The fraction of sp³-hybridized carbons (Fsp3) is 0.846. The van der Waals surface area contributed by atoms with Gasteiger partial charge in [0.1, 0.15) is 0 Å². The quantitative estimate of drug-likeness (QED) is 0.802. The molecule has 2 atom stereocenters. The molecule has 2 fully saturated rings. The van der Waals surface area contributed by atoms with Gasteiger partial charge in [0.25, 0.3) is 0 Å². The predicted molar refractivity (Wildman–Crippen MR) is 67.2 cm³/mol. The molecular formula is C13H22N2O3. The number of hydrogen-bond acceptors (Lipinski definition) is 2. The number of likely N-dealkylation sites (tertiary alicyclic amines) is 1. The number of hydrogen-bond donors (Lipinski definition) is 2. The van der Waals surface area contributed by atoms with Crippen molar-refractivity contribution in [1.82, 2.24) is 10.2 Å². The third kappa shape index (κ3) is 2.60. The highest BCUT2D eigenvalue weighted by molar-refractivity contribution is 5.80. The second-order valence-electron chi connectivity index (χ2n) is 5.93. The van der Waals surface area contributed by atoms with Gasteiger partial charge in [-0.3, -0.25) is 4.79 Å². The predicted octanol–water partition coefficient (Wildman–Crippen LogP) is 1.54. The van der Waals surface area contributed by atoms with E-state index in [0.717, 1.165) is 19.5 Å². The van der Waals surface area contributed by atoms with E-state index in [-0.39, 0.29) is 12.6 Å². The SMILES string of the molecule is CC1CCN(C(=O)NCC2(C(=O)O)CC2)CC1C. The summed E-state index contributed by atoms with van der Waals surface area (Å²) in [5.74, 6) is 0.380. The van der Waals surface area contributed by atoms with Gasteiger partial charge >= 0.3 is 12.0 Å². The molecule has 1 aliphatic carbocycles. The number of nitrogens with one attached hydrogen (secondary N) is 1. The average Bonchev–Trinajstić information content (AvgIpc) is 3.11. The van der Waals surface area contributed by atoms with E-state index >= 15 is 0 Å². The van der Waals surface area contributed by atoms with Crippen LogP contribution in [0, 0.1) is 17.3 Å². The van der Waals surface area contributed by atoms with Crippen molar-refractivity contribution in [1.29, 1.82) is 0 Å². The Hall–Kier alpha value is -1.26. The van der Waals surface area contributed by atoms with Gasteiger partial charge in [-0.1, -0.05) is 13.8 Å². The first-order chi connectivity index (χ1) is 8.44. The number of carbonyl (C=O) groups excluding carboxylic acids is 1. The van der Waals surface area contributed by atoms with Crippen LogP contribution in [0.25, 0.3) is 0 Å². The summed E-state index contributed by atoms with van der Waals surface area (Å²) in [6, 6.07) is -0.110. The fourth-order valence-electron chi connectivity index (χ4n) is 2.42. The minimum atomic E-state index is -0.788. The van der Waals surface area contributed by atoms with Crippen LogP contribution in [-0.4, -0.2) is 41.6 Å². The van der Waals surface area contributed by atoms with Crippen molar-refractivity contribution < 1.29 is 14.7 Å². The molecule has 1 saturated carbocycles. The molecule has 5 nitrogen and oxygen atoms in total. The summed E-state index contributed by atoms with van der Waals surface area (Å²) in [6.07, 6.45) is 2.38. The lowest BCUT2D eigenvalue weighted by molar-refractivity contribution is -0.143. The van der Waals surface area contributed by atoms with Gasteiger partial charge in [-0.25, -0.2) is 4.79 Å². The molecule has 1 aliphatic heterocycles. The van der Waals surface area contributed by atoms with Crippen molar-refractivity contribution in [2.75, 3.05) is 19.6 Å². The highest BCUT2D eigenvalue weighted by Gasteiger charge is 2.50. The van der Waals surface area contributed by atoms with Crippen LogP contribution >= 0.6 is 0 Å². The summed E-state index contributed by atoms with van der Waals surface area (Å²) in [4.78, 5) is 24.8. The Morgan fingerprint density at radius 2 is 2.00 bits per heavy atom. The topological polar surface area (TPSA) is 69.6 Å². The molecule has 0 aromatic heterocycles. The Kier molecular flexibility index (Phi) is 3.50. The molecule has 102 valence electrons. The molecule has 2 rings (SSSR count). The van der Waals surface area contributed by atoms with Crippen molar-refractivity contribution in [3.05, 3.63) is 0 Å². The summed E-state index contributed by atoms with van der Waals surface area (Å²) in [7, 11) is 0. The number of carboxylic acid groups (broad SMARTS) is 1. The number of carboxylic acids is 1. The van der Waals surface area contributed by atoms with Crippen molar-refractivity contribution >= 4 is 12.0 Å². The number of urea groups is 1. The molecule has 1 heterocycles. The van der Waals surface area contributed by atoms with Gasteiger partial charge in [-0.2, -0.15) is 0 Å². The first-order valence-corrected chi connectivity index (χ1v) is 6.71. The molecule has 2 N–H and O–H groups in total. The Balaban J connectivity index is 1.80. The van der Waals surface area contributed by atoms with Crippen LogP contribution < -0.4 is 5.32 Å². The number of amides is 2. The molecule has 2 aliphatic rings. The van der Waals surface area contributed by atoms with Gasteiger partial charge in [-0.15, -0.1) is 0 Å². The maximum absolute atomic E-state index is 12.0. The highest BCUT2D eigenvalue weighted by Crippen LogP contribution is 2.45. The van der Waals surface area contributed by atoms with Gasteiger partial charge < -0.3 is 15.3 Å². The standard InChI is InChI=1S/C13H22N2O3/c1-9-3-6-15(7-10(9)2)12(18)14-8-13(4-5-13)11(16)17/h9-10H,3-8H2,1-2H3,(H,14,18)(H,16,17). The van der Waals surface area contributed by atoms with Crippen molar-refractivity contribution in [3.8, 4) is 0 Å². The molecule has 0 bridgehead atoms. The number of rotatable bonds is 3. The van der Waals surface area contributed by atoms with Crippen LogP contribution in [0.3, 0.4) is 0 Å². The third-order valence-corrected chi connectivity index (χ3v) is 4.51. The highest BCUT2D eigenvalue weighted by atomic mass is 16.4. The molecule has 0 aromatic rings. The zero-order chi connectivity index (χ0) is 13.3. The van der Waals surface area contributed by atoms with E-state index in [9.17, 15) is 9.59 Å². The van der Waals surface area contributed by atoms with E-state index in [1.165, 1.54) is 0 Å². The van der Waals surface area contributed by atoms with Crippen LogP contribution in [0.5, 0.6) is 0 Å².